The van der Waals surface area contributed by atoms with Gasteiger partial charge in [0.2, 0.25) is 0 Å². The van der Waals surface area contributed by atoms with Crippen LogP contribution in [-0.2, 0) is 19.5 Å². The Morgan fingerprint density at radius 1 is 1.30 bits per heavy atom. The number of nitrogens with zero attached hydrogens (tertiary/aromatic N) is 2. The molecule has 1 aromatic heterocycles. The van der Waals surface area contributed by atoms with Gasteiger partial charge in [0.1, 0.15) is 11.9 Å². The number of carbonyl (C=O) groups excluding carboxylic acids is 1. The molecule has 2 aromatic rings. The summed E-state index contributed by atoms with van der Waals surface area (Å²) >= 11 is 1.13. The Labute approximate surface area is 156 Å². The lowest BCUT2D eigenvalue weighted by atomic mass is 9.92. The predicted octanol–water partition coefficient (Wildman–Crippen LogP) is 2.21. The average molecular weight is 414 g/mol. The van der Waals surface area contributed by atoms with E-state index in [4.69, 9.17) is 4.55 Å². The van der Waals surface area contributed by atoms with Crippen LogP contribution < -0.4 is 0 Å². The van der Waals surface area contributed by atoms with E-state index in [1.54, 1.807) is 5.38 Å². The Bertz CT molecular complexity index is 1050. The molecule has 0 spiro atoms. The topological polar surface area (TPSA) is 124 Å². The van der Waals surface area contributed by atoms with Crippen molar-refractivity contribution < 1.29 is 36.3 Å². The summed E-state index contributed by atoms with van der Waals surface area (Å²) in [7, 11) is -4.98. The summed E-state index contributed by atoms with van der Waals surface area (Å²) in [5.74, 6) is -1.76. The first kappa shape index (κ1) is 17.9. The minimum atomic E-state index is -4.98. The molecule has 4 rings (SSSR count). The molecule has 0 saturated carbocycles. The second-order valence-corrected chi connectivity index (χ2v) is 7.87. The van der Waals surface area contributed by atoms with Gasteiger partial charge < -0.3 is 10.0 Å². The molecule has 2 aliphatic heterocycles. The van der Waals surface area contributed by atoms with Gasteiger partial charge >= 0.3 is 22.4 Å². The van der Waals surface area contributed by atoms with E-state index in [-0.39, 0.29) is 6.54 Å². The number of carbonyl (C=O) groups is 2. The van der Waals surface area contributed by atoms with Crippen LogP contribution in [0.4, 0.5) is 9.18 Å². The number of hydroxylamine groups is 2. The van der Waals surface area contributed by atoms with Crippen LogP contribution in [0.15, 0.2) is 29.6 Å². The van der Waals surface area contributed by atoms with Gasteiger partial charge in [0.05, 0.1) is 6.54 Å². The molecule has 9 nitrogen and oxygen atoms in total. The van der Waals surface area contributed by atoms with Crippen LogP contribution in [-0.4, -0.2) is 46.6 Å². The van der Waals surface area contributed by atoms with Crippen molar-refractivity contribution in [3.63, 3.8) is 0 Å². The smallest absolute Gasteiger partial charge is 0.418 e. The molecule has 2 bridgehead atoms. The van der Waals surface area contributed by atoms with Crippen molar-refractivity contribution >= 4 is 33.7 Å². The molecule has 2 aliphatic rings. The van der Waals surface area contributed by atoms with Gasteiger partial charge in [-0.2, -0.15) is 13.5 Å². The summed E-state index contributed by atoms with van der Waals surface area (Å²) in [6.07, 6.45) is 0. The van der Waals surface area contributed by atoms with Gasteiger partial charge in [0.15, 0.2) is 6.04 Å². The van der Waals surface area contributed by atoms with Crippen LogP contribution >= 0.6 is 11.3 Å². The van der Waals surface area contributed by atoms with Crippen LogP contribution in [0.3, 0.4) is 0 Å². The molecule has 2 N–H and O–H groups in total. The summed E-state index contributed by atoms with van der Waals surface area (Å²) in [5.41, 5.74) is 1.36. The lowest BCUT2D eigenvalue weighted by Gasteiger charge is -2.28. The van der Waals surface area contributed by atoms with Gasteiger partial charge in [-0.05, 0) is 28.6 Å². The molecule has 0 aliphatic carbocycles. The Morgan fingerprint density at radius 2 is 1.96 bits per heavy atom. The van der Waals surface area contributed by atoms with Crippen molar-refractivity contribution in [1.82, 2.24) is 9.96 Å². The normalized spacial score (nSPS) is 21.5. The fraction of sp³-hybridized carbons (Fsp3) is 0.200. The maximum atomic E-state index is 13.2. The van der Waals surface area contributed by atoms with E-state index < -0.39 is 40.3 Å². The van der Waals surface area contributed by atoms with E-state index in [9.17, 15) is 27.5 Å². The lowest BCUT2D eigenvalue weighted by molar-refractivity contribution is -0.142. The van der Waals surface area contributed by atoms with Gasteiger partial charge in [-0.25, -0.2) is 14.0 Å². The summed E-state index contributed by atoms with van der Waals surface area (Å²) in [6.45, 7) is -0.109. The predicted molar refractivity (Wildman–Crippen MR) is 89.4 cm³/mol. The maximum Gasteiger partial charge on any atom is 0.418 e. The molecule has 1 saturated heterocycles. The highest BCUT2D eigenvalue weighted by Gasteiger charge is 2.54. The van der Waals surface area contributed by atoms with Crippen molar-refractivity contribution in [1.29, 1.82) is 0 Å². The van der Waals surface area contributed by atoms with E-state index in [1.165, 1.54) is 24.3 Å². The van der Waals surface area contributed by atoms with Gasteiger partial charge in [-0.3, -0.25) is 4.55 Å². The van der Waals surface area contributed by atoms with Gasteiger partial charge in [0, 0.05) is 10.4 Å². The van der Waals surface area contributed by atoms with Crippen molar-refractivity contribution in [2.45, 2.75) is 12.1 Å². The molecule has 1 aromatic carbocycles. The fourth-order valence-electron chi connectivity index (χ4n) is 3.38. The van der Waals surface area contributed by atoms with Crippen LogP contribution in [0, 0.1) is 5.82 Å². The molecule has 1 fully saturated rings. The number of rotatable bonds is 4. The van der Waals surface area contributed by atoms with E-state index in [1.807, 2.05) is 0 Å². The van der Waals surface area contributed by atoms with Crippen LogP contribution in [0.1, 0.15) is 22.5 Å². The number of amides is 2. The summed E-state index contributed by atoms with van der Waals surface area (Å²) < 4.78 is 48.7. The first-order valence-electron chi connectivity index (χ1n) is 7.54. The second-order valence-electron chi connectivity index (χ2n) is 5.95. The SMILES string of the molecule is O=C(O)C1c2c(-c3ccc(F)cc3)csc2C2CN1C(=O)N2OS(=O)(=O)O. The number of hydrogen-bond donors (Lipinski definition) is 2. The van der Waals surface area contributed by atoms with E-state index in [2.05, 4.69) is 4.28 Å². The minimum Gasteiger partial charge on any atom is -0.479 e. The number of benzene rings is 1. The van der Waals surface area contributed by atoms with Gasteiger partial charge in [-0.15, -0.1) is 15.6 Å². The van der Waals surface area contributed by atoms with Crippen molar-refractivity contribution in [3.05, 3.63) is 45.9 Å². The molecular formula is C15H11FN2O7S2. The third-order valence-electron chi connectivity index (χ3n) is 4.40. The number of urea groups is 1. The number of halogens is 1. The summed E-state index contributed by atoms with van der Waals surface area (Å²) in [6, 6.07) is 2.16. The largest absolute Gasteiger partial charge is 0.479 e. The molecule has 142 valence electrons. The Balaban J connectivity index is 1.87. The Morgan fingerprint density at radius 3 is 2.56 bits per heavy atom. The van der Waals surface area contributed by atoms with Crippen LogP contribution in [0.2, 0.25) is 0 Å². The van der Waals surface area contributed by atoms with Gasteiger partial charge in [-0.1, -0.05) is 12.1 Å². The van der Waals surface area contributed by atoms with E-state index >= 15 is 0 Å². The monoisotopic (exact) mass is 414 g/mol. The number of aliphatic carboxylic acids is 1. The molecule has 3 heterocycles. The Hall–Kier alpha value is -2.54. The van der Waals surface area contributed by atoms with Gasteiger partial charge in [0.25, 0.3) is 0 Å². The quantitative estimate of drug-likeness (QED) is 0.735. The first-order valence-corrected chi connectivity index (χ1v) is 9.78. The van der Waals surface area contributed by atoms with Crippen molar-refractivity contribution in [3.8, 4) is 11.1 Å². The fourth-order valence-corrected chi connectivity index (χ4v) is 4.93. The molecule has 12 heteroatoms. The molecule has 27 heavy (non-hydrogen) atoms. The maximum absolute atomic E-state index is 13.2. The highest BCUT2D eigenvalue weighted by atomic mass is 32.3. The number of thiophene rings is 1. The Kier molecular flexibility index (Phi) is 3.96. The average Bonchev–Trinajstić information content (AvgIpc) is 3.11. The zero-order chi connectivity index (χ0) is 19.5. The van der Waals surface area contributed by atoms with Crippen LogP contribution in [0.25, 0.3) is 11.1 Å². The third-order valence-corrected chi connectivity index (χ3v) is 5.85. The van der Waals surface area contributed by atoms with Crippen molar-refractivity contribution in [2.75, 3.05) is 6.54 Å². The summed E-state index contributed by atoms with van der Waals surface area (Å²) in [5, 5.41) is 11.8. The number of carboxylic acid groups (broad SMARTS) is 1. The van der Waals surface area contributed by atoms with Crippen molar-refractivity contribution in [2.24, 2.45) is 0 Å². The van der Waals surface area contributed by atoms with E-state index in [0.29, 0.717) is 26.6 Å². The molecule has 2 atom stereocenters. The highest BCUT2D eigenvalue weighted by Crippen LogP contribution is 2.50. The zero-order valence-electron chi connectivity index (χ0n) is 13.3. The van der Waals surface area contributed by atoms with E-state index in [0.717, 1.165) is 16.2 Å². The molecular weight excluding hydrogens is 403 g/mol. The molecule has 0 radical (unpaired) electrons. The first-order chi connectivity index (χ1) is 12.7. The highest BCUT2D eigenvalue weighted by molar-refractivity contribution is 7.80. The number of carboxylic acids is 1. The lowest BCUT2D eigenvalue weighted by Crippen LogP contribution is -2.38. The summed E-state index contributed by atoms with van der Waals surface area (Å²) in [4.78, 5) is 25.8. The molecule has 2 unspecified atom stereocenters. The minimum absolute atomic E-state index is 0.109. The number of hydrogen-bond acceptors (Lipinski definition) is 6. The standard InChI is InChI=1S/C15H11FN2O7S2/c16-8-3-1-7(2-4-8)9-6-26-13-10-5-17(12(11(9)13)14(19)20)15(21)18(10)25-27(22,23)24/h1-4,6,10,12H,5H2,(H,19,20)(H,22,23,24). The number of fused-ring (bicyclic) bond motifs is 4. The second kappa shape index (κ2) is 5.99. The van der Waals surface area contributed by atoms with Crippen LogP contribution in [0.5, 0.6) is 0 Å². The third kappa shape index (κ3) is 2.86. The molecule has 2 amide bonds. The zero-order valence-corrected chi connectivity index (χ0v) is 14.9.